The number of hydrogen-bond acceptors (Lipinski definition) is 5. The first-order valence-corrected chi connectivity index (χ1v) is 8.48. The Hall–Kier alpha value is -3.20. The second kappa shape index (κ2) is 7.79. The van der Waals surface area contributed by atoms with E-state index in [0.717, 1.165) is 23.4 Å². The molecule has 0 bridgehead atoms. The second-order valence-electron chi connectivity index (χ2n) is 5.23. The fraction of sp³-hybridized carbons (Fsp3) is 0.0588. The topological polar surface area (TPSA) is 101 Å². The number of amides is 1. The van der Waals surface area contributed by atoms with Crippen LogP contribution >= 0.6 is 11.8 Å². The number of H-pyrrole nitrogens is 1. The number of halogens is 1. The van der Waals surface area contributed by atoms with Gasteiger partial charge in [0.25, 0.3) is 0 Å². The van der Waals surface area contributed by atoms with Crippen molar-refractivity contribution in [1.82, 2.24) is 9.97 Å². The molecule has 0 saturated heterocycles. The van der Waals surface area contributed by atoms with Gasteiger partial charge in [0.05, 0.1) is 22.6 Å². The number of aromatic nitrogens is 2. The van der Waals surface area contributed by atoms with Gasteiger partial charge < -0.3 is 10.3 Å². The fourth-order valence-electron chi connectivity index (χ4n) is 2.20. The molecule has 3 rings (SSSR count). The molecule has 1 heterocycles. The molecule has 0 saturated carbocycles. The van der Waals surface area contributed by atoms with Crippen molar-refractivity contribution in [3.63, 3.8) is 0 Å². The molecular weight excluding hydrogens is 359 g/mol. The summed E-state index contributed by atoms with van der Waals surface area (Å²) in [6.45, 7) is 0. The van der Waals surface area contributed by atoms with Gasteiger partial charge >= 0.3 is 5.69 Å². The molecule has 0 unspecified atom stereocenters. The first kappa shape index (κ1) is 17.6. The van der Waals surface area contributed by atoms with Gasteiger partial charge in [0.15, 0.2) is 5.16 Å². The second-order valence-corrected chi connectivity index (χ2v) is 6.19. The molecule has 0 atom stereocenters. The van der Waals surface area contributed by atoms with E-state index in [1.165, 1.54) is 17.8 Å². The number of thioether (sulfide) groups is 1. The first-order chi connectivity index (χ1) is 12.5. The van der Waals surface area contributed by atoms with E-state index in [4.69, 9.17) is 0 Å². The van der Waals surface area contributed by atoms with Gasteiger partial charge in [0, 0.05) is 11.8 Å². The van der Waals surface area contributed by atoms with Crippen molar-refractivity contribution < 1.29 is 14.1 Å². The first-order valence-electron chi connectivity index (χ1n) is 7.50. The highest BCUT2D eigenvalue weighted by Crippen LogP contribution is 2.23. The van der Waals surface area contributed by atoms with Gasteiger partial charge in [-0.3, -0.25) is 14.9 Å². The van der Waals surface area contributed by atoms with E-state index in [0.29, 0.717) is 5.16 Å². The summed E-state index contributed by atoms with van der Waals surface area (Å²) in [7, 11) is 0. The maximum absolute atomic E-state index is 13.3. The van der Waals surface area contributed by atoms with Crippen molar-refractivity contribution in [1.29, 1.82) is 0 Å². The largest absolute Gasteiger partial charge is 0.333 e. The third kappa shape index (κ3) is 4.25. The van der Waals surface area contributed by atoms with Gasteiger partial charge in [-0.2, -0.15) is 4.39 Å². The molecule has 0 spiro atoms. The van der Waals surface area contributed by atoms with Crippen molar-refractivity contribution in [2.24, 2.45) is 0 Å². The highest BCUT2D eigenvalue weighted by atomic mass is 32.2. The van der Waals surface area contributed by atoms with Crippen molar-refractivity contribution in [2.45, 2.75) is 5.16 Å². The Bertz CT molecular complexity index is 946. The monoisotopic (exact) mass is 372 g/mol. The Kier molecular flexibility index (Phi) is 5.28. The summed E-state index contributed by atoms with van der Waals surface area (Å²) in [6.07, 6.45) is 1.68. The predicted octanol–water partition coefficient (Wildman–Crippen LogP) is 3.85. The summed E-state index contributed by atoms with van der Waals surface area (Å²) in [4.78, 5) is 29.2. The lowest BCUT2D eigenvalue weighted by molar-refractivity contribution is -0.387. The average molecular weight is 372 g/mol. The minimum Gasteiger partial charge on any atom is -0.333 e. The SMILES string of the molecule is O=C(CSc1ncc(-c2ccccc2)[nH]1)Nc1ccc(F)c([N+](=O)[O-])c1. The maximum Gasteiger partial charge on any atom is 0.306 e. The average Bonchev–Trinajstić information content (AvgIpc) is 3.11. The molecule has 26 heavy (non-hydrogen) atoms. The van der Waals surface area contributed by atoms with Gasteiger partial charge in [-0.1, -0.05) is 42.1 Å². The van der Waals surface area contributed by atoms with Gasteiger partial charge in [-0.15, -0.1) is 0 Å². The van der Waals surface area contributed by atoms with Crippen LogP contribution in [0.4, 0.5) is 15.8 Å². The molecule has 3 aromatic rings. The molecule has 9 heteroatoms. The van der Waals surface area contributed by atoms with E-state index >= 15 is 0 Å². The minimum absolute atomic E-state index is 0.0485. The number of carbonyl (C=O) groups is 1. The van der Waals surface area contributed by atoms with Crippen LogP contribution in [0.3, 0.4) is 0 Å². The number of hydrogen-bond donors (Lipinski definition) is 2. The van der Waals surface area contributed by atoms with Crippen molar-refractivity contribution in [3.8, 4) is 11.3 Å². The summed E-state index contributed by atoms with van der Waals surface area (Å²) >= 11 is 1.19. The lowest BCUT2D eigenvalue weighted by Gasteiger charge is -2.04. The number of nitro benzene ring substituents is 1. The zero-order chi connectivity index (χ0) is 18.5. The lowest BCUT2D eigenvalue weighted by Crippen LogP contribution is -2.14. The van der Waals surface area contributed by atoms with Gasteiger partial charge in [0.2, 0.25) is 11.7 Å². The normalized spacial score (nSPS) is 10.5. The molecule has 0 radical (unpaired) electrons. The molecule has 132 valence electrons. The minimum atomic E-state index is -0.952. The van der Waals surface area contributed by atoms with Crippen LogP contribution in [0.1, 0.15) is 0 Å². The molecule has 2 N–H and O–H groups in total. The number of imidazole rings is 1. The summed E-state index contributed by atoms with van der Waals surface area (Å²) in [5, 5.41) is 13.8. The standard InChI is InChI=1S/C17H13FN4O3S/c18-13-7-6-12(8-15(13)22(24)25)20-16(23)10-26-17-19-9-14(21-17)11-4-2-1-3-5-11/h1-9H,10H2,(H,19,21)(H,20,23). The van der Waals surface area contributed by atoms with E-state index in [1.54, 1.807) is 6.20 Å². The third-order valence-electron chi connectivity index (χ3n) is 3.40. The molecule has 0 fully saturated rings. The van der Waals surface area contributed by atoms with E-state index < -0.39 is 16.4 Å². The highest BCUT2D eigenvalue weighted by Gasteiger charge is 2.15. The summed E-state index contributed by atoms with van der Waals surface area (Å²) in [5.74, 6) is -1.28. The van der Waals surface area contributed by atoms with Gasteiger partial charge in [-0.25, -0.2) is 4.98 Å². The molecular formula is C17H13FN4O3S. The number of nitrogens with zero attached hydrogens (tertiary/aromatic N) is 2. The van der Waals surface area contributed by atoms with Crippen LogP contribution in [0.2, 0.25) is 0 Å². The molecule has 1 amide bonds. The highest BCUT2D eigenvalue weighted by molar-refractivity contribution is 7.99. The zero-order valence-corrected chi connectivity index (χ0v) is 14.1. The van der Waals surface area contributed by atoms with Gasteiger partial charge in [0.1, 0.15) is 0 Å². The number of nitrogens with one attached hydrogen (secondary N) is 2. The number of aromatic amines is 1. The van der Waals surface area contributed by atoms with Crippen LogP contribution in [-0.4, -0.2) is 26.6 Å². The molecule has 0 aliphatic heterocycles. The third-order valence-corrected chi connectivity index (χ3v) is 4.29. The smallest absolute Gasteiger partial charge is 0.306 e. The molecule has 0 aliphatic rings. The molecule has 0 aliphatic carbocycles. The number of nitro groups is 1. The summed E-state index contributed by atoms with van der Waals surface area (Å²) in [6, 6.07) is 12.8. The van der Waals surface area contributed by atoms with Crippen LogP contribution in [-0.2, 0) is 4.79 Å². The predicted molar refractivity (Wildman–Crippen MR) is 96.4 cm³/mol. The molecule has 1 aromatic heterocycles. The van der Waals surface area contributed by atoms with E-state index in [9.17, 15) is 19.3 Å². The van der Waals surface area contributed by atoms with E-state index in [1.807, 2.05) is 30.3 Å². The number of anilines is 1. The molecule has 2 aromatic carbocycles. The van der Waals surface area contributed by atoms with E-state index in [2.05, 4.69) is 15.3 Å². The van der Waals surface area contributed by atoms with Crippen molar-refractivity contribution in [3.05, 3.63) is 70.7 Å². The number of rotatable bonds is 6. The van der Waals surface area contributed by atoms with Crippen molar-refractivity contribution in [2.75, 3.05) is 11.1 Å². The lowest BCUT2D eigenvalue weighted by atomic mass is 10.2. The Morgan fingerprint density at radius 2 is 2.04 bits per heavy atom. The zero-order valence-electron chi connectivity index (χ0n) is 13.3. The fourth-order valence-corrected chi connectivity index (χ4v) is 2.85. The maximum atomic E-state index is 13.3. The van der Waals surface area contributed by atoms with Crippen LogP contribution in [0.15, 0.2) is 59.9 Å². The quantitative estimate of drug-likeness (QED) is 0.389. The van der Waals surface area contributed by atoms with Crippen LogP contribution < -0.4 is 5.32 Å². The van der Waals surface area contributed by atoms with Crippen LogP contribution in [0.25, 0.3) is 11.3 Å². The van der Waals surface area contributed by atoms with Crippen molar-refractivity contribution >= 4 is 29.0 Å². The van der Waals surface area contributed by atoms with Crippen LogP contribution in [0, 0.1) is 15.9 Å². The number of benzene rings is 2. The summed E-state index contributed by atoms with van der Waals surface area (Å²) < 4.78 is 13.3. The number of carbonyl (C=O) groups excluding carboxylic acids is 1. The molecule has 7 nitrogen and oxygen atoms in total. The van der Waals surface area contributed by atoms with Gasteiger partial charge in [-0.05, 0) is 17.7 Å². The Morgan fingerprint density at radius 3 is 2.77 bits per heavy atom. The Labute approximate surface area is 151 Å². The van der Waals surface area contributed by atoms with Crippen LogP contribution in [0.5, 0.6) is 0 Å². The summed E-state index contributed by atoms with van der Waals surface area (Å²) in [5.41, 5.74) is 1.29. The van der Waals surface area contributed by atoms with E-state index in [-0.39, 0.29) is 17.3 Å². The Morgan fingerprint density at radius 1 is 1.27 bits per heavy atom. The Balaban J connectivity index is 1.59.